The first-order valence-corrected chi connectivity index (χ1v) is 11.9. The summed E-state index contributed by atoms with van der Waals surface area (Å²) in [6.07, 6.45) is 12.9. The van der Waals surface area contributed by atoms with E-state index < -0.39 is 11.7 Å². The molecule has 0 atom stereocenters. The van der Waals surface area contributed by atoms with Gasteiger partial charge in [-0.05, 0) is 32.1 Å². The Labute approximate surface area is 182 Å². The number of phenols is 3. The number of esters is 1. The van der Waals surface area contributed by atoms with Crippen LogP contribution < -0.4 is 0 Å². The van der Waals surface area contributed by atoms with Crippen molar-refractivity contribution in [2.75, 3.05) is 6.61 Å². The molecule has 0 saturated carbocycles. The second kappa shape index (κ2) is 15.0. The summed E-state index contributed by atoms with van der Waals surface area (Å²) in [5, 5.41) is 31.3. The van der Waals surface area contributed by atoms with E-state index in [1.165, 1.54) is 0 Å². The topological polar surface area (TPSA) is 87.0 Å². The number of carbonyl (C=O) groups excluding carboxylic acids is 1. The van der Waals surface area contributed by atoms with Crippen LogP contribution in [0.1, 0.15) is 119 Å². The van der Waals surface area contributed by atoms with Gasteiger partial charge in [0.1, 0.15) is 0 Å². The zero-order chi connectivity index (χ0) is 22.4. The van der Waals surface area contributed by atoms with Gasteiger partial charge in [0.15, 0.2) is 11.5 Å². The van der Waals surface area contributed by atoms with Crippen LogP contribution in [-0.2, 0) is 17.6 Å². The molecule has 0 fully saturated rings. The summed E-state index contributed by atoms with van der Waals surface area (Å²) in [6, 6.07) is 0. The van der Waals surface area contributed by atoms with E-state index in [0.717, 1.165) is 77.0 Å². The Balaban J connectivity index is 3.14. The second-order valence-electron chi connectivity index (χ2n) is 8.20. The summed E-state index contributed by atoms with van der Waals surface area (Å²) in [6.45, 7) is 6.70. The number of unbranched alkanes of at least 4 members (excludes halogenated alkanes) is 9. The van der Waals surface area contributed by atoms with Crippen molar-refractivity contribution in [3.63, 3.8) is 0 Å². The summed E-state index contributed by atoms with van der Waals surface area (Å²) in [7, 11) is 0. The lowest BCUT2D eigenvalue weighted by Crippen LogP contribution is -2.14. The highest BCUT2D eigenvalue weighted by Gasteiger charge is 2.27. The lowest BCUT2D eigenvalue weighted by atomic mass is 9.91. The second-order valence-corrected chi connectivity index (χ2v) is 8.20. The van der Waals surface area contributed by atoms with Crippen molar-refractivity contribution in [3.05, 3.63) is 16.7 Å². The minimum Gasteiger partial charge on any atom is -0.504 e. The van der Waals surface area contributed by atoms with Gasteiger partial charge in [0.05, 0.1) is 12.2 Å². The molecule has 0 amide bonds. The van der Waals surface area contributed by atoms with Gasteiger partial charge in [0, 0.05) is 11.1 Å². The number of hydrogen-bond donors (Lipinski definition) is 3. The van der Waals surface area contributed by atoms with Crippen molar-refractivity contribution >= 4 is 5.97 Å². The molecule has 0 aliphatic carbocycles. The maximum absolute atomic E-state index is 13.0. The number of aromatic hydroxyl groups is 3. The number of ether oxygens (including phenoxy) is 1. The largest absolute Gasteiger partial charge is 0.504 e. The smallest absolute Gasteiger partial charge is 0.338 e. The molecule has 0 bridgehead atoms. The first kappa shape index (κ1) is 26.1. The maximum atomic E-state index is 13.0. The first-order chi connectivity index (χ1) is 14.5. The molecule has 3 N–H and O–H groups in total. The van der Waals surface area contributed by atoms with Crippen molar-refractivity contribution in [2.24, 2.45) is 0 Å². The molecule has 5 heteroatoms. The maximum Gasteiger partial charge on any atom is 0.338 e. The molecule has 0 spiro atoms. The SMILES string of the molecule is CCCCCCOC(=O)c1c(CCCCCC)c(O)c(O)c(O)c1CCCCCC. The van der Waals surface area contributed by atoms with Gasteiger partial charge >= 0.3 is 5.97 Å². The zero-order valence-electron chi connectivity index (χ0n) is 19.3. The van der Waals surface area contributed by atoms with Crippen LogP contribution in [0.25, 0.3) is 0 Å². The Bertz CT molecular complexity index is 600. The van der Waals surface area contributed by atoms with Gasteiger partial charge in [-0.15, -0.1) is 0 Å². The van der Waals surface area contributed by atoms with Gasteiger partial charge in [-0.1, -0.05) is 78.6 Å². The van der Waals surface area contributed by atoms with Gasteiger partial charge in [-0.2, -0.15) is 0 Å². The van der Waals surface area contributed by atoms with Crippen LogP contribution in [0.3, 0.4) is 0 Å². The first-order valence-electron chi connectivity index (χ1n) is 11.9. The number of phenolic OH excluding ortho intramolecular Hbond substituents is 3. The molecular weight excluding hydrogens is 380 g/mol. The molecule has 0 unspecified atom stereocenters. The summed E-state index contributed by atoms with van der Waals surface area (Å²) >= 11 is 0. The van der Waals surface area contributed by atoms with Crippen molar-refractivity contribution in [1.82, 2.24) is 0 Å². The highest BCUT2D eigenvalue weighted by molar-refractivity contribution is 5.95. The highest BCUT2D eigenvalue weighted by Crippen LogP contribution is 2.44. The standard InChI is InChI=1S/C25H42O5/c1-4-7-10-13-16-19-21(25(29)30-18-15-12-9-6-3)20(17-14-11-8-5-2)23(27)24(28)22(19)26/h26-28H,4-18H2,1-3H3. The fourth-order valence-corrected chi connectivity index (χ4v) is 3.77. The minimum absolute atomic E-state index is 0.256. The van der Waals surface area contributed by atoms with E-state index >= 15 is 0 Å². The molecule has 1 rings (SSSR count). The summed E-state index contributed by atoms with van der Waals surface area (Å²) in [5.41, 5.74) is 1.07. The third-order valence-corrected chi connectivity index (χ3v) is 5.62. The average molecular weight is 423 g/mol. The van der Waals surface area contributed by atoms with E-state index in [2.05, 4.69) is 20.8 Å². The Hall–Kier alpha value is -1.91. The zero-order valence-corrected chi connectivity index (χ0v) is 19.3. The molecule has 0 aliphatic rings. The quantitative estimate of drug-likeness (QED) is 0.155. The van der Waals surface area contributed by atoms with Crippen molar-refractivity contribution in [1.29, 1.82) is 0 Å². The highest BCUT2D eigenvalue weighted by atomic mass is 16.5. The van der Waals surface area contributed by atoms with Crippen LogP contribution in [0, 0.1) is 0 Å². The third kappa shape index (κ3) is 8.08. The van der Waals surface area contributed by atoms with Crippen LogP contribution in [0.4, 0.5) is 0 Å². The van der Waals surface area contributed by atoms with Crippen LogP contribution >= 0.6 is 0 Å². The van der Waals surface area contributed by atoms with Gasteiger partial charge in [0.25, 0.3) is 0 Å². The van der Waals surface area contributed by atoms with Crippen LogP contribution in [-0.4, -0.2) is 27.9 Å². The Morgan fingerprint density at radius 2 is 1.07 bits per heavy atom. The molecule has 172 valence electrons. The summed E-state index contributed by atoms with van der Waals surface area (Å²) < 4.78 is 5.52. The minimum atomic E-state index is -0.523. The number of hydrogen-bond acceptors (Lipinski definition) is 5. The Morgan fingerprint density at radius 3 is 1.50 bits per heavy atom. The van der Waals surface area contributed by atoms with E-state index in [4.69, 9.17) is 4.74 Å². The third-order valence-electron chi connectivity index (χ3n) is 5.62. The normalized spacial score (nSPS) is 11.0. The van der Waals surface area contributed by atoms with Gasteiger partial charge < -0.3 is 20.1 Å². The van der Waals surface area contributed by atoms with Crippen LogP contribution in [0.5, 0.6) is 17.2 Å². The van der Waals surface area contributed by atoms with Gasteiger partial charge in [-0.3, -0.25) is 0 Å². The Morgan fingerprint density at radius 1 is 0.633 bits per heavy atom. The van der Waals surface area contributed by atoms with Crippen molar-refractivity contribution in [2.45, 2.75) is 111 Å². The molecule has 30 heavy (non-hydrogen) atoms. The fourth-order valence-electron chi connectivity index (χ4n) is 3.77. The molecule has 0 radical (unpaired) electrons. The molecule has 0 saturated heterocycles. The molecule has 0 heterocycles. The Kier molecular flexibility index (Phi) is 13.0. The molecule has 1 aromatic carbocycles. The number of rotatable bonds is 16. The number of benzene rings is 1. The van der Waals surface area contributed by atoms with Crippen LogP contribution in [0.15, 0.2) is 0 Å². The van der Waals surface area contributed by atoms with Crippen molar-refractivity contribution < 1.29 is 24.9 Å². The lowest BCUT2D eigenvalue weighted by molar-refractivity contribution is 0.0494. The summed E-state index contributed by atoms with van der Waals surface area (Å²) in [4.78, 5) is 13.0. The molecule has 1 aromatic rings. The van der Waals surface area contributed by atoms with Crippen LogP contribution in [0.2, 0.25) is 0 Å². The predicted molar refractivity (Wildman–Crippen MR) is 122 cm³/mol. The fraction of sp³-hybridized carbons (Fsp3) is 0.720. The molecule has 0 aromatic heterocycles. The van der Waals surface area contributed by atoms with E-state index in [1.807, 2.05) is 0 Å². The van der Waals surface area contributed by atoms with Crippen molar-refractivity contribution in [3.8, 4) is 17.2 Å². The predicted octanol–water partition coefficient (Wildman–Crippen LogP) is 6.79. The molecular formula is C25H42O5. The average Bonchev–Trinajstić information content (AvgIpc) is 2.74. The summed E-state index contributed by atoms with van der Waals surface area (Å²) in [5.74, 6) is -1.81. The molecule has 0 aliphatic heterocycles. The van der Waals surface area contributed by atoms with E-state index in [-0.39, 0.29) is 17.1 Å². The molecule has 5 nitrogen and oxygen atoms in total. The van der Waals surface area contributed by atoms with E-state index in [0.29, 0.717) is 30.6 Å². The van der Waals surface area contributed by atoms with Gasteiger partial charge in [0.2, 0.25) is 5.75 Å². The van der Waals surface area contributed by atoms with Gasteiger partial charge in [-0.25, -0.2) is 4.79 Å². The van der Waals surface area contributed by atoms with E-state index in [1.54, 1.807) is 0 Å². The lowest BCUT2D eigenvalue weighted by Gasteiger charge is -2.19. The number of carbonyl (C=O) groups is 1. The van der Waals surface area contributed by atoms with E-state index in [9.17, 15) is 20.1 Å². The monoisotopic (exact) mass is 422 g/mol.